The molecule has 0 aliphatic heterocycles. The fourth-order valence-electron chi connectivity index (χ4n) is 2.18. The molecule has 1 amide bonds. The van der Waals surface area contributed by atoms with Crippen molar-refractivity contribution < 1.29 is 23.8 Å². The van der Waals surface area contributed by atoms with Crippen LogP contribution in [0.5, 0.6) is 11.5 Å². The molecule has 140 valence electrons. The number of hydrogen-bond donors (Lipinski definition) is 1. The van der Waals surface area contributed by atoms with Crippen LogP contribution in [0.1, 0.15) is 18.1 Å². The molecule has 2 aromatic rings. The Morgan fingerprint density at radius 2 is 1.85 bits per heavy atom. The third kappa shape index (κ3) is 6.04. The SMILES string of the molecule is COc1ccc(CNC(=O)[C@H](C)OC(=O)COc2ccccc2C#N)cc1. The lowest BCUT2D eigenvalue weighted by atomic mass is 10.2. The Kier molecular flexibility index (Phi) is 7.20. The van der Waals surface area contributed by atoms with E-state index < -0.39 is 24.6 Å². The monoisotopic (exact) mass is 368 g/mol. The first-order valence-electron chi connectivity index (χ1n) is 8.25. The van der Waals surface area contributed by atoms with Crippen molar-refractivity contribution in [3.8, 4) is 17.6 Å². The van der Waals surface area contributed by atoms with Crippen LogP contribution in [0.2, 0.25) is 0 Å². The summed E-state index contributed by atoms with van der Waals surface area (Å²) >= 11 is 0. The van der Waals surface area contributed by atoms with Gasteiger partial charge in [0.2, 0.25) is 0 Å². The number of benzene rings is 2. The molecule has 0 radical (unpaired) electrons. The number of hydrogen-bond acceptors (Lipinski definition) is 6. The maximum Gasteiger partial charge on any atom is 0.344 e. The number of nitrogens with one attached hydrogen (secondary N) is 1. The highest BCUT2D eigenvalue weighted by molar-refractivity contribution is 5.83. The average Bonchev–Trinajstić information content (AvgIpc) is 2.70. The van der Waals surface area contributed by atoms with Gasteiger partial charge in [-0.25, -0.2) is 4.79 Å². The highest BCUT2D eigenvalue weighted by atomic mass is 16.6. The highest BCUT2D eigenvalue weighted by Crippen LogP contribution is 2.16. The average molecular weight is 368 g/mol. The smallest absolute Gasteiger partial charge is 0.344 e. The van der Waals surface area contributed by atoms with Crippen LogP contribution in [-0.4, -0.2) is 31.7 Å². The third-order valence-electron chi connectivity index (χ3n) is 3.66. The summed E-state index contributed by atoms with van der Waals surface area (Å²) in [6.45, 7) is 1.38. The molecule has 0 bridgehead atoms. The van der Waals surface area contributed by atoms with E-state index in [4.69, 9.17) is 19.5 Å². The molecule has 0 saturated heterocycles. The second-order valence-electron chi connectivity index (χ2n) is 5.59. The molecular formula is C20H20N2O5. The van der Waals surface area contributed by atoms with E-state index in [0.717, 1.165) is 11.3 Å². The quantitative estimate of drug-likeness (QED) is 0.718. The molecule has 27 heavy (non-hydrogen) atoms. The number of carbonyl (C=O) groups excluding carboxylic acids is 2. The van der Waals surface area contributed by atoms with E-state index in [1.165, 1.54) is 6.92 Å². The highest BCUT2D eigenvalue weighted by Gasteiger charge is 2.18. The van der Waals surface area contributed by atoms with Crippen molar-refractivity contribution in [2.45, 2.75) is 19.6 Å². The molecule has 0 saturated carbocycles. The maximum atomic E-state index is 12.1. The van der Waals surface area contributed by atoms with Gasteiger partial charge in [0, 0.05) is 6.54 Å². The molecule has 2 rings (SSSR count). The summed E-state index contributed by atoms with van der Waals surface area (Å²) in [6, 6.07) is 15.8. The van der Waals surface area contributed by atoms with E-state index in [0.29, 0.717) is 12.1 Å². The summed E-state index contributed by atoms with van der Waals surface area (Å²) in [4.78, 5) is 23.9. The number of nitriles is 1. The fourth-order valence-corrected chi connectivity index (χ4v) is 2.18. The predicted molar refractivity (Wildman–Crippen MR) is 97.0 cm³/mol. The second kappa shape index (κ2) is 9.82. The number of para-hydroxylation sites is 1. The first-order chi connectivity index (χ1) is 13.0. The number of rotatable bonds is 8. The Morgan fingerprint density at radius 3 is 2.52 bits per heavy atom. The Balaban J connectivity index is 1.77. The summed E-state index contributed by atoms with van der Waals surface area (Å²) in [5.41, 5.74) is 1.20. The molecule has 0 aliphatic rings. The van der Waals surface area contributed by atoms with Crippen LogP contribution in [0.4, 0.5) is 0 Å². The molecule has 0 spiro atoms. The van der Waals surface area contributed by atoms with Crippen LogP contribution < -0.4 is 14.8 Å². The van der Waals surface area contributed by atoms with Crippen LogP contribution in [-0.2, 0) is 20.9 Å². The van der Waals surface area contributed by atoms with Crippen LogP contribution in [0.3, 0.4) is 0 Å². The van der Waals surface area contributed by atoms with E-state index in [1.807, 2.05) is 18.2 Å². The van der Waals surface area contributed by atoms with E-state index in [2.05, 4.69) is 5.32 Å². The summed E-state index contributed by atoms with van der Waals surface area (Å²) in [7, 11) is 1.58. The number of ether oxygens (including phenoxy) is 3. The molecule has 0 unspecified atom stereocenters. The standard InChI is InChI=1S/C20H20N2O5/c1-14(20(24)22-12-15-7-9-17(25-2)10-8-15)27-19(23)13-26-18-6-4-3-5-16(18)11-21/h3-10,14H,12-13H2,1-2H3,(H,22,24)/t14-/m0/s1. The summed E-state index contributed by atoms with van der Waals surface area (Å²) in [6.07, 6.45) is -0.967. The van der Waals surface area contributed by atoms with Crippen molar-refractivity contribution in [2.24, 2.45) is 0 Å². The lowest BCUT2D eigenvalue weighted by Crippen LogP contribution is -2.36. The normalized spacial score (nSPS) is 11.0. The number of nitrogens with zero attached hydrogens (tertiary/aromatic N) is 1. The Hall–Kier alpha value is -3.53. The summed E-state index contributed by atoms with van der Waals surface area (Å²) in [5.74, 6) is -0.106. The van der Waals surface area contributed by atoms with Crippen molar-refractivity contribution >= 4 is 11.9 Å². The van der Waals surface area contributed by atoms with Crippen molar-refractivity contribution in [3.63, 3.8) is 0 Å². The van der Waals surface area contributed by atoms with Gasteiger partial charge in [0.1, 0.15) is 17.6 Å². The molecule has 1 N–H and O–H groups in total. The van der Waals surface area contributed by atoms with Gasteiger partial charge in [0.25, 0.3) is 5.91 Å². The number of methoxy groups -OCH3 is 1. The Bertz CT molecular complexity index is 827. The second-order valence-corrected chi connectivity index (χ2v) is 5.59. The molecule has 0 fully saturated rings. The summed E-state index contributed by atoms with van der Waals surface area (Å²) < 4.78 is 15.4. The zero-order chi connectivity index (χ0) is 19.6. The zero-order valence-electron chi connectivity index (χ0n) is 15.1. The molecule has 2 aromatic carbocycles. The molecular weight excluding hydrogens is 348 g/mol. The topological polar surface area (TPSA) is 97.7 Å². The lowest BCUT2D eigenvalue weighted by Gasteiger charge is -2.14. The van der Waals surface area contributed by atoms with Crippen LogP contribution in [0.25, 0.3) is 0 Å². The van der Waals surface area contributed by atoms with E-state index in [9.17, 15) is 9.59 Å². The first-order valence-corrected chi connectivity index (χ1v) is 8.25. The van der Waals surface area contributed by atoms with Gasteiger partial charge in [-0.3, -0.25) is 4.79 Å². The minimum atomic E-state index is -0.967. The van der Waals surface area contributed by atoms with E-state index in [1.54, 1.807) is 43.5 Å². The van der Waals surface area contributed by atoms with E-state index >= 15 is 0 Å². The van der Waals surface area contributed by atoms with Crippen molar-refractivity contribution in [3.05, 3.63) is 59.7 Å². The zero-order valence-corrected chi connectivity index (χ0v) is 15.1. The van der Waals surface area contributed by atoms with Gasteiger partial charge in [-0.15, -0.1) is 0 Å². The number of esters is 1. The first kappa shape index (κ1) is 19.8. The predicted octanol–water partition coefficient (Wildman–Crippen LogP) is 2.19. The molecule has 0 aromatic heterocycles. The Labute approximate surface area is 157 Å². The molecule has 7 heteroatoms. The van der Waals surface area contributed by atoms with Crippen molar-refractivity contribution in [1.29, 1.82) is 5.26 Å². The molecule has 7 nitrogen and oxygen atoms in total. The van der Waals surface area contributed by atoms with Gasteiger partial charge in [-0.1, -0.05) is 24.3 Å². The van der Waals surface area contributed by atoms with Crippen LogP contribution in [0.15, 0.2) is 48.5 Å². The third-order valence-corrected chi connectivity index (χ3v) is 3.66. The maximum absolute atomic E-state index is 12.1. The minimum Gasteiger partial charge on any atom is -0.497 e. The van der Waals surface area contributed by atoms with Gasteiger partial charge < -0.3 is 19.5 Å². The van der Waals surface area contributed by atoms with Crippen LogP contribution in [0, 0.1) is 11.3 Å². The van der Waals surface area contributed by atoms with Crippen molar-refractivity contribution in [1.82, 2.24) is 5.32 Å². The number of amides is 1. The van der Waals surface area contributed by atoms with Gasteiger partial charge in [-0.05, 0) is 36.8 Å². The van der Waals surface area contributed by atoms with Crippen LogP contribution >= 0.6 is 0 Å². The van der Waals surface area contributed by atoms with E-state index in [-0.39, 0.29) is 5.75 Å². The van der Waals surface area contributed by atoms with Gasteiger partial charge in [0.05, 0.1) is 12.7 Å². The lowest BCUT2D eigenvalue weighted by molar-refractivity contribution is -0.156. The number of carbonyl (C=O) groups is 2. The minimum absolute atomic E-state index is 0.286. The largest absolute Gasteiger partial charge is 0.497 e. The van der Waals surface area contributed by atoms with Gasteiger partial charge in [-0.2, -0.15) is 5.26 Å². The van der Waals surface area contributed by atoms with Gasteiger partial charge in [0.15, 0.2) is 12.7 Å². The molecule has 0 aliphatic carbocycles. The summed E-state index contributed by atoms with van der Waals surface area (Å²) in [5, 5.41) is 11.7. The molecule has 1 atom stereocenters. The molecule has 0 heterocycles. The Morgan fingerprint density at radius 1 is 1.15 bits per heavy atom. The van der Waals surface area contributed by atoms with Gasteiger partial charge >= 0.3 is 5.97 Å². The fraction of sp³-hybridized carbons (Fsp3) is 0.250. The van der Waals surface area contributed by atoms with Crippen molar-refractivity contribution in [2.75, 3.05) is 13.7 Å².